The number of nitrogens with one attached hydrogen (secondary N) is 2. The molecule has 0 aromatic carbocycles. The van der Waals surface area contributed by atoms with Gasteiger partial charge in [-0.25, -0.2) is 0 Å². The van der Waals surface area contributed by atoms with Crippen molar-refractivity contribution >= 4 is 17.2 Å². The van der Waals surface area contributed by atoms with Crippen LogP contribution in [0.3, 0.4) is 0 Å². The Labute approximate surface area is 99.7 Å². The molecule has 0 fully saturated rings. The highest BCUT2D eigenvalue weighted by atomic mass is 32.1. The normalized spacial score (nSPS) is 12.8. The summed E-state index contributed by atoms with van der Waals surface area (Å²) >= 11 is 1.55. The summed E-state index contributed by atoms with van der Waals surface area (Å²) in [5.41, 5.74) is 0.891. The fraction of sp³-hybridized carbons (Fsp3) is 0.545. The van der Waals surface area contributed by atoms with Gasteiger partial charge >= 0.3 is 0 Å². The highest BCUT2D eigenvalue weighted by molar-refractivity contribution is 7.07. The van der Waals surface area contributed by atoms with Crippen LogP contribution < -0.4 is 10.6 Å². The fourth-order valence-corrected chi connectivity index (χ4v) is 1.98. The summed E-state index contributed by atoms with van der Waals surface area (Å²) in [6, 6.07) is 2.03. The minimum atomic E-state index is -0.543. The average Bonchev–Trinajstić information content (AvgIpc) is 2.68. The molecule has 90 valence electrons. The van der Waals surface area contributed by atoms with Gasteiger partial charge in [-0.2, -0.15) is 11.3 Å². The zero-order valence-electron chi connectivity index (χ0n) is 9.56. The molecule has 1 amide bonds. The van der Waals surface area contributed by atoms with Gasteiger partial charge < -0.3 is 15.7 Å². The molecule has 1 unspecified atom stereocenters. The molecule has 5 heteroatoms. The van der Waals surface area contributed by atoms with Gasteiger partial charge in [0.05, 0.1) is 12.6 Å². The van der Waals surface area contributed by atoms with Crippen molar-refractivity contribution < 1.29 is 9.90 Å². The van der Waals surface area contributed by atoms with Crippen molar-refractivity contribution in [3.63, 3.8) is 0 Å². The third-order valence-electron chi connectivity index (χ3n) is 2.00. The van der Waals surface area contributed by atoms with Crippen molar-refractivity contribution in [2.75, 3.05) is 13.1 Å². The van der Waals surface area contributed by atoms with Gasteiger partial charge in [0.15, 0.2) is 0 Å². The third-order valence-corrected chi connectivity index (χ3v) is 2.70. The number of aliphatic hydroxyl groups is 1. The molecule has 0 aliphatic heterocycles. The Balaban J connectivity index is 2.18. The van der Waals surface area contributed by atoms with Gasteiger partial charge in [0.25, 0.3) is 0 Å². The molecule has 0 saturated carbocycles. The van der Waals surface area contributed by atoms with Crippen molar-refractivity contribution in [2.45, 2.75) is 26.0 Å². The lowest BCUT2D eigenvalue weighted by atomic mass is 10.2. The number of thiophene rings is 1. The number of aliphatic hydroxyl groups excluding tert-OH is 1. The van der Waals surface area contributed by atoms with E-state index in [0.717, 1.165) is 5.56 Å². The first-order chi connectivity index (χ1) is 7.59. The van der Waals surface area contributed by atoms with Crippen LogP contribution in [-0.2, 0) is 4.79 Å². The summed E-state index contributed by atoms with van der Waals surface area (Å²) in [7, 11) is 0. The minimum absolute atomic E-state index is 0.0486. The fourth-order valence-electron chi connectivity index (χ4n) is 1.28. The second-order valence-electron chi connectivity index (χ2n) is 3.93. The molecule has 1 atom stereocenters. The van der Waals surface area contributed by atoms with Gasteiger partial charge in [0.2, 0.25) is 5.91 Å². The van der Waals surface area contributed by atoms with Crippen molar-refractivity contribution in [3.05, 3.63) is 22.4 Å². The first-order valence-corrected chi connectivity index (χ1v) is 6.24. The molecule has 0 spiro atoms. The molecule has 16 heavy (non-hydrogen) atoms. The van der Waals surface area contributed by atoms with E-state index in [1.54, 1.807) is 11.3 Å². The highest BCUT2D eigenvalue weighted by Crippen LogP contribution is 2.14. The van der Waals surface area contributed by atoms with E-state index in [4.69, 9.17) is 0 Å². The van der Waals surface area contributed by atoms with E-state index in [-0.39, 0.29) is 18.5 Å². The predicted molar refractivity (Wildman–Crippen MR) is 65.4 cm³/mol. The van der Waals surface area contributed by atoms with Gasteiger partial charge in [-0.3, -0.25) is 4.79 Å². The SMILES string of the molecule is CC(C)NC(=O)CNCC(O)c1ccsc1. The second-order valence-corrected chi connectivity index (χ2v) is 4.71. The molecule has 1 aromatic rings. The molecule has 0 aliphatic rings. The quantitative estimate of drug-likeness (QED) is 0.694. The zero-order valence-corrected chi connectivity index (χ0v) is 10.4. The van der Waals surface area contributed by atoms with Gasteiger partial charge in [-0.05, 0) is 36.2 Å². The number of rotatable bonds is 6. The molecule has 3 N–H and O–H groups in total. The Kier molecular flexibility index (Phi) is 5.45. The molecule has 0 saturated heterocycles. The Morgan fingerprint density at radius 3 is 2.88 bits per heavy atom. The Morgan fingerprint density at radius 2 is 2.31 bits per heavy atom. The van der Waals surface area contributed by atoms with Gasteiger partial charge in [-0.1, -0.05) is 0 Å². The number of amides is 1. The molecular formula is C11H18N2O2S. The van der Waals surface area contributed by atoms with Crippen LogP contribution in [0.5, 0.6) is 0 Å². The second kappa shape index (κ2) is 6.62. The topological polar surface area (TPSA) is 61.4 Å². The van der Waals surface area contributed by atoms with Crippen molar-refractivity contribution in [2.24, 2.45) is 0 Å². The third kappa shape index (κ3) is 4.74. The number of carbonyl (C=O) groups is 1. The van der Waals surface area contributed by atoms with Crippen LogP contribution in [0.15, 0.2) is 16.8 Å². The Hall–Kier alpha value is -0.910. The summed E-state index contributed by atoms with van der Waals surface area (Å²) in [5, 5.41) is 19.2. The van der Waals surface area contributed by atoms with E-state index in [1.807, 2.05) is 30.7 Å². The lowest BCUT2D eigenvalue weighted by molar-refractivity contribution is -0.120. The summed E-state index contributed by atoms with van der Waals surface area (Å²) in [6.07, 6.45) is -0.543. The zero-order chi connectivity index (χ0) is 12.0. The number of hydrogen-bond donors (Lipinski definition) is 3. The lowest BCUT2D eigenvalue weighted by Gasteiger charge is -2.11. The molecule has 0 radical (unpaired) electrons. The van der Waals surface area contributed by atoms with E-state index in [0.29, 0.717) is 6.54 Å². The van der Waals surface area contributed by atoms with Crippen LogP contribution >= 0.6 is 11.3 Å². The first kappa shape index (κ1) is 13.2. The van der Waals surface area contributed by atoms with E-state index < -0.39 is 6.10 Å². The summed E-state index contributed by atoms with van der Waals surface area (Å²) < 4.78 is 0. The molecule has 1 rings (SSSR count). The molecule has 1 heterocycles. The van der Waals surface area contributed by atoms with Crippen LogP contribution in [0.1, 0.15) is 25.5 Å². The maximum absolute atomic E-state index is 11.3. The molecule has 0 bridgehead atoms. The first-order valence-electron chi connectivity index (χ1n) is 5.30. The van der Waals surface area contributed by atoms with Crippen LogP contribution in [0.4, 0.5) is 0 Å². The standard InChI is InChI=1S/C11H18N2O2S/c1-8(2)13-11(15)6-12-5-10(14)9-3-4-16-7-9/h3-4,7-8,10,12,14H,5-6H2,1-2H3,(H,13,15). The van der Waals surface area contributed by atoms with Crippen LogP contribution in [-0.4, -0.2) is 30.1 Å². The molecular weight excluding hydrogens is 224 g/mol. The van der Waals surface area contributed by atoms with Crippen LogP contribution in [0, 0.1) is 0 Å². The van der Waals surface area contributed by atoms with E-state index >= 15 is 0 Å². The van der Waals surface area contributed by atoms with E-state index in [2.05, 4.69) is 10.6 Å². The molecule has 1 aromatic heterocycles. The Morgan fingerprint density at radius 1 is 1.56 bits per heavy atom. The minimum Gasteiger partial charge on any atom is -0.387 e. The largest absolute Gasteiger partial charge is 0.387 e. The van der Waals surface area contributed by atoms with Crippen molar-refractivity contribution in [3.8, 4) is 0 Å². The number of hydrogen-bond acceptors (Lipinski definition) is 4. The number of carbonyl (C=O) groups excluding carboxylic acids is 1. The molecule has 4 nitrogen and oxygen atoms in total. The van der Waals surface area contributed by atoms with Crippen molar-refractivity contribution in [1.82, 2.24) is 10.6 Å². The smallest absolute Gasteiger partial charge is 0.234 e. The maximum Gasteiger partial charge on any atom is 0.234 e. The molecule has 0 aliphatic carbocycles. The maximum atomic E-state index is 11.3. The van der Waals surface area contributed by atoms with E-state index in [9.17, 15) is 9.90 Å². The Bertz CT molecular complexity index is 312. The van der Waals surface area contributed by atoms with Crippen molar-refractivity contribution in [1.29, 1.82) is 0 Å². The predicted octanol–water partition coefficient (Wildman–Crippen LogP) is 0.896. The van der Waals surface area contributed by atoms with Crippen LogP contribution in [0.25, 0.3) is 0 Å². The summed E-state index contributed by atoms with van der Waals surface area (Å²) in [4.78, 5) is 11.3. The average molecular weight is 242 g/mol. The summed E-state index contributed by atoms with van der Waals surface area (Å²) in [6.45, 7) is 4.46. The van der Waals surface area contributed by atoms with Gasteiger partial charge in [-0.15, -0.1) is 0 Å². The highest BCUT2D eigenvalue weighted by Gasteiger charge is 2.08. The summed E-state index contributed by atoms with van der Waals surface area (Å²) in [5.74, 6) is -0.0486. The van der Waals surface area contributed by atoms with Gasteiger partial charge in [0.1, 0.15) is 0 Å². The monoisotopic (exact) mass is 242 g/mol. The van der Waals surface area contributed by atoms with Crippen LogP contribution in [0.2, 0.25) is 0 Å². The lowest BCUT2D eigenvalue weighted by Crippen LogP contribution is -2.38. The van der Waals surface area contributed by atoms with Gasteiger partial charge in [0, 0.05) is 12.6 Å². The van der Waals surface area contributed by atoms with E-state index in [1.165, 1.54) is 0 Å².